The van der Waals surface area contributed by atoms with Crippen LogP contribution in [0.2, 0.25) is 0 Å². The second kappa shape index (κ2) is 8.71. The van der Waals surface area contributed by atoms with E-state index in [2.05, 4.69) is 4.99 Å². The van der Waals surface area contributed by atoms with E-state index in [1.165, 1.54) is 38.7 Å². The molecule has 0 N–H and O–H groups in total. The fourth-order valence-corrected chi connectivity index (χ4v) is 3.40. The molecule has 0 bridgehead atoms. The van der Waals surface area contributed by atoms with E-state index in [0.717, 1.165) is 0 Å². The molecule has 0 fully saturated rings. The van der Waals surface area contributed by atoms with Gasteiger partial charge >= 0.3 is 0 Å². The normalized spacial score (nSPS) is 11.4. The van der Waals surface area contributed by atoms with Gasteiger partial charge in [-0.3, -0.25) is 4.79 Å². The largest absolute Gasteiger partial charge is 0.493 e. The highest BCUT2D eigenvalue weighted by Gasteiger charge is 2.17. The summed E-state index contributed by atoms with van der Waals surface area (Å²) in [6, 6.07) is 9.59. The molecule has 0 saturated carbocycles. The van der Waals surface area contributed by atoms with Gasteiger partial charge in [0.25, 0.3) is 5.91 Å². The number of halogens is 1. The number of methoxy groups -OCH3 is 3. The monoisotopic (exact) mass is 402 g/mol. The van der Waals surface area contributed by atoms with Gasteiger partial charge in [-0.2, -0.15) is 4.99 Å². The lowest BCUT2D eigenvalue weighted by Crippen LogP contribution is -2.17. The molecule has 1 heterocycles. The van der Waals surface area contributed by atoms with Crippen molar-refractivity contribution in [2.24, 2.45) is 4.99 Å². The molecular formula is C20H19FN2O4S. The van der Waals surface area contributed by atoms with Crippen molar-refractivity contribution in [1.29, 1.82) is 0 Å². The number of aromatic nitrogens is 1. The van der Waals surface area contributed by atoms with Crippen molar-refractivity contribution in [3.63, 3.8) is 0 Å². The lowest BCUT2D eigenvalue weighted by Gasteiger charge is -2.12. The molecule has 6 nitrogen and oxygen atoms in total. The highest BCUT2D eigenvalue weighted by Crippen LogP contribution is 2.38. The molecule has 0 aliphatic rings. The minimum Gasteiger partial charge on any atom is -0.493 e. The number of rotatable bonds is 6. The minimum absolute atomic E-state index is 0.275. The average Bonchev–Trinajstić information content (AvgIpc) is 3.14. The van der Waals surface area contributed by atoms with Crippen molar-refractivity contribution in [3.8, 4) is 17.2 Å². The topological polar surface area (TPSA) is 62.0 Å². The first kappa shape index (κ1) is 19.6. The Balaban J connectivity index is 1.96. The Morgan fingerprint density at radius 2 is 1.79 bits per heavy atom. The number of carbonyl (C=O) groups is 1. The van der Waals surface area contributed by atoms with E-state index in [9.17, 15) is 9.18 Å². The van der Waals surface area contributed by atoms with Crippen molar-refractivity contribution in [3.05, 3.63) is 69.7 Å². The van der Waals surface area contributed by atoms with Crippen molar-refractivity contribution in [1.82, 2.24) is 4.57 Å². The van der Waals surface area contributed by atoms with Gasteiger partial charge in [0.15, 0.2) is 16.3 Å². The minimum atomic E-state index is -0.469. The summed E-state index contributed by atoms with van der Waals surface area (Å²) in [7, 11) is 4.44. The number of hydrogen-bond donors (Lipinski definition) is 0. The van der Waals surface area contributed by atoms with Crippen LogP contribution in [-0.4, -0.2) is 31.8 Å². The first-order chi connectivity index (χ1) is 13.6. The molecular weight excluding hydrogens is 383 g/mol. The van der Waals surface area contributed by atoms with Gasteiger partial charge in [0.1, 0.15) is 5.82 Å². The number of amides is 1. The van der Waals surface area contributed by atoms with Gasteiger partial charge in [-0.1, -0.05) is 18.2 Å². The summed E-state index contributed by atoms with van der Waals surface area (Å²) in [6.45, 7) is 0.275. The van der Waals surface area contributed by atoms with Crippen LogP contribution in [0, 0.1) is 5.82 Å². The molecule has 2 aromatic carbocycles. The van der Waals surface area contributed by atoms with Crippen LogP contribution in [-0.2, 0) is 6.54 Å². The van der Waals surface area contributed by atoms with E-state index < -0.39 is 5.91 Å². The number of thiazole rings is 1. The Kier molecular flexibility index (Phi) is 6.10. The zero-order valence-electron chi connectivity index (χ0n) is 15.6. The van der Waals surface area contributed by atoms with E-state index in [0.29, 0.717) is 33.2 Å². The molecule has 3 rings (SSSR count). The maximum Gasteiger partial charge on any atom is 0.279 e. The van der Waals surface area contributed by atoms with E-state index in [-0.39, 0.29) is 12.4 Å². The van der Waals surface area contributed by atoms with Gasteiger partial charge in [0.2, 0.25) is 5.75 Å². The van der Waals surface area contributed by atoms with Crippen LogP contribution in [0.15, 0.2) is 53.0 Å². The van der Waals surface area contributed by atoms with Gasteiger partial charge in [0, 0.05) is 22.7 Å². The van der Waals surface area contributed by atoms with E-state index in [1.807, 2.05) is 0 Å². The van der Waals surface area contributed by atoms with Crippen LogP contribution < -0.4 is 19.0 Å². The van der Waals surface area contributed by atoms with Gasteiger partial charge in [-0.05, 0) is 18.2 Å². The standard InChI is InChI=1S/C20H19FN2O4S/c1-25-16-10-14(11-17(26-2)18(16)27-3)19(24)22-20-23(8-9-28-20)12-13-6-4-5-7-15(13)21/h4-11H,12H2,1-3H3. The summed E-state index contributed by atoms with van der Waals surface area (Å²) in [5, 5.41) is 1.79. The number of ether oxygens (including phenoxy) is 3. The van der Waals surface area contributed by atoms with Gasteiger partial charge in [0.05, 0.1) is 27.9 Å². The molecule has 0 unspecified atom stereocenters. The third-order valence-electron chi connectivity index (χ3n) is 4.07. The number of nitrogens with zero attached hydrogens (tertiary/aromatic N) is 2. The van der Waals surface area contributed by atoms with E-state index >= 15 is 0 Å². The van der Waals surface area contributed by atoms with Gasteiger partial charge < -0.3 is 18.8 Å². The maximum absolute atomic E-state index is 13.9. The fourth-order valence-electron chi connectivity index (χ4n) is 2.67. The van der Waals surface area contributed by atoms with Crippen LogP contribution in [0.3, 0.4) is 0 Å². The summed E-state index contributed by atoms with van der Waals surface area (Å²) in [5.74, 6) is 0.357. The summed E-state index contributed by atoms with van der Waals surface area (Å²) in [4.78, 5) is 17.4. The predicted molar refractivity (Wildman–Crippen MR) is 104 cm³/mol. The molecule has 146 valence electrons. The Hall–Kier alpha value is -3.13. The van der Waals surface area contributed by atoms with Crippen LogP contribution in [0.4, 0.5) is 4.39 Å². The van der Waals surface area contributed by atoms with Crippen molar-refractivity contribution < 1.29 is 23.4 Å². The van der Waals surface area contributed by atoms with Crippen LogP contribution in [0.25, 0.3) is 0 Å². The number of carbonyl (C=O) groups excluding carboxylic acids is 1. The molecule has 0 aliphatic heterocycles. The van der Waals surface area contributed by atoms with E-state index in [1.54, 1.807) is 46.5 Å². The Bertz CT molecular complexity index is 1030. The quantitative estimate of drug-likeness (QED) is 0.633. The van der Waals surface area contributed by atoms with Crippen molar-refractivity contribution in [2.75, 3.05) is 21.3 Å². The third-order valence-corrected chi connectivity index (χ3v) is 4.86. The Labute approximate surface area is 165 Å². The number of hydrogen-bond acceptors (Lipinski definition) is 5. The molecule has 0 aliphatic carbocycles. The summed E-state index contributed by atoms with van der Waals surface area (Å²) in [5.41, 5.74) is 0.808. The molecule has 1 aromatic heterocycles. The summed E-state index contributed by atoms with van der Waals surface area (Å²) in [6.07, 6.45) is 1.76. The molecule has 0 radical (unpaired) electrons. The molecule has 0 spiro atoms. The zero-order valence-corrected chi connectivity index (χ0v) is 16.5. The second-order valence-electron chi connectivity index (χ2n) is 5.74. The molecule has 8 heteroatoms. The highest BCUT2D eigenvalue weighted by atomic mass is 32.1. The molecule has 1 amide bonds. The lowest BCUT2D eigenvalue weighted by atomic mass is 10.1. The van der Waals surface area contributed by atoms with Crippen LogP contribution in [0.5, 0.6) is 17.2 Å². The van der Waals surface area contributed by atoms with Crippen molar-refractivity contribution >= 4 is 17.2 Å². The van der Waals surface area contributed by atoms with Gasteiger partial charge in [-0.25, -0.2) is 4.39 Å². The average molecular weight is 402 g/mol. The maximum atomic E-state index is 13.9. The Morgan fingerprint density at radius 3 is 2.39 bits per heavy atom. The molecule has 3 aromatic rings. The second-order valence-corrected chi connectivity index (χ2v) is 6.61. The van der Waals surface area contributed by atoms with E-state index in [4.69, 9.17) is 14.2 Å². The molecule has 0 atom stereocenters. The van der Waals surface area contributed by atoms with Gasteiger partial charge in [-0.15, -0.1) is 11.3 Å². The first-order valence-corrected chi connectivity index (χ1v) is 9.21. The first-order valence-electron chi connectivity index (χ1n) is 8.33. The Morgan fingerprint density at radius 1 is 1.11 bits per heavy atom. The molecule has 28 heavy (non-hydrogen) atoms. The van der Waals surface area contributed by atoms with Crippen molar-refractivity contribution in [2.45, 2.75) is 6.54 Å². The fraction of sp³-hybridized carbons (Fsp3) is 0.200. The lowest BCUT2D eigenvalue weighted by molar-refractivity contribution is 0.0997. The van der Waals surface area contributed by atoms with Crippen LogP contribution in [0.1, 0.15) is 15.9 Å². The molecule has 0 saturated heterocycles. The van der Waals surface area contributed by atoms with Crippen LogP contribution >= 0.6 is 11.3 Å². The smallest absolute Gasteiger partial charge is 0.279 e. The SMILES string of the molecule is COc1cc(C(=O)N=c2sccn2Cc2ccccc2F)cc(OC)c1OC. The number of benzene rings is 2. The highest BCUT2D eigenvalue weighted by molar-refractivity contribution is 7.07. The summed E-state index contributed by atoms with van der Waals surface area (Å²) >= 11 is 1.29. The summed E-state index contributed by atoms with van der Waals surface area (Å²) < 4.78 is 31.5. The zero-order chi connectivity index (χ0) is 20.1. The third kappa shape index (κ3) is 4.07. The predicted octanol–water partition coefficient (Wildman–Crippen LogP) is 3.50.